The first kappa shape index (κ1) is 22.1. The summed E-state index contributed by atoms with van der Waals surface area (Å²) in [6, 6.07) is 11.8. The van der Waals surface area contributed by atoms with Gasteiger partial charge in [-0.3, -0.25) is 4.79 Å². The van der Waals surface area contributed by atoms with E-state index in [4.69, 9.17) is 14.2 Å². The maximum absolute atomic E-state index is 12.9. The molecule has 0 aromatic heterocycles. The molecule has 1 aliphatic rings. The van der Waals surface area contributed by atoms with E-state index in [0.717, 1.165) is 5.56 Å². The molecule has 1 N–H and O–H groups in total. The highest BCUT2D eigenvalue weighted by Crippen LogP contribution is 2.24. The summed E-state index contributed by atoms with van der Waals surface area (Å²) in [7, 11) is -2.37. The first-order valence-electron chi connectivity index (χ1n) is 9.65. The number of carbonyl (C=O) groups excluding carboxylic acids is 1. The van der Waals surface area contributed by atoms with E-state index in [9.17, 15) is 13.2 Å². The predicted octanol–water partition coefficient (Wildman–Crippen LogP) is 1.83. The number of carbonyl (C=O) groups is 1. The Kier molecular flexibility index (Phi) is 7.30. The summed E-state index contributed by atoms with van der Waals surface area (Å²) in [5.74, 6) is 0.753. The summed E-state index contributed by atoms with van der Waals surface area (Å²) in [6.45, 7) is 4.00. The Morgan fingerprint density at radius 1 is 1.13 bits per heavy atom. The summed E-state index contributed by atoms with van der Waals surface area (Å²) in [4.78, 5) is 14.5. The lowest BCUT2D eigenvalue weighted by atomic mass is 10.1. The average molecular weight is 435 g/mol. The number of aryl methyl sites for hydroxylation is 1. The molecule has 1 heterocycles. The third-order valence-electron chi connectivity index (χ3n) is 4.76. The molecule has 3 rings (SSSR count). The summed E-state index contributed by atoms with van der Waals surface area (Å²) in [5.41, 5.74) is 1.18. The number of hydrogen-bond acceptors (Lipinski definition) is 6. The second-order valence-electron chi connectivity index (χ2n) is 6.78. The van der Waals surface area contributed by atoms with Crippen LogP contribution in [0.5, 0.6) is 11.5 Å². The maximum Gasteiger partial charge on any atom is 0.257 e. The highest BCUT2D eigenvalue weighted by molar-refractivity contribution is 7.89. The largest absolute Gasteiger partial charge is 0.496 e. The molecule has 0 spiro atoms. The molecule has 2 aromatic rings. The molecule has 8 nitrogen and oxygen atoms in total. The molecular weight excluding hydrogens is 408 g/mol. The van der Waals surface area contributed by atoms with Gasteiger partial charge in [-0.25, -0.2) is 13.1 Å². The van der Waals surface area contributed by atoms with Gasteiger partial charge in [0, 0.05) is 19.6 Å². The molecule has 1 aliphatic heterocycles. The molecule has 162 valence electrons. The van der Waals surface area contributed by atoms with Crippen LogP contribution in [0, 0.1) is 6.92 Å². The highest BCUT2D eigenvalue weighted by atomic mass is 32.2. The lowest BCUT2D eigenvalue weighted by molar-refractivity contribution is 0.0300. The number of nitrogens with zero attached hydrogens (tertiary/aromatic N) is 1. The fraction of sp³-hybridized carbons (Fsp3) is 0.381. The van der Waals surface area contributed by atoms with Crippen LogP contribution in [0.3, 0.4) is 0 Å². The molecule has 2 aromatic carbocycles. The fourth-order valence-corrected chi connectivity index (χ4v) is 4.14. The number of hydrogen-bond donors (Lipinski definition) is 1. The Bertz CT molecular complexity index is 987. The Hall–Kier alpha value is -2.62. The third kappa shape index (κ3) is 5.29. The molecule has 30 heavy (non-hydrogen) atoms. The summed E-state index contributed by atoms with van der Waals surface area (Å²) < 4.78 is 44.1. The Morgan fingerprint density at radius 3 is 2.57 bits per heavy atom. The SMILES string of the molecule is COc1ccc(S(=O)(=O)NCCOc2ccccc2C)cc1C(=O)N1CCOCC1. The summed E-state index contributed by atoms with van der Waals surface area (Å²) in [5, 5.41) is 0. The van der Waals surface area contributed by atoms with Gasteiger partial charge in [-0.15, -0.1) is 0 Å². The standard InChI is InChI=1S/C21H26N2O6S/c1-16-5-3-4-6-19(16)29-12-9-22-30(25,26)17-7-8-20(27-2)18(15-17)21(24)23-10-13-28-14-11-23/h3-8,15,22H,9-14H2,1-2H3. The molecule has 0 atom stereocenters. The number of para-hydroxylation sites is 1. The van der Waals surface area contributed by atoms with Crippen LogP contribution in [0.1, 0.15) is 15.9 Å². The Balaban J connectivity index is 1.69. The molecular formula is C21H26N2O6S. The van der Waals surface area contributed by atoms with Gasteiger partial charge in [0.2, 0.25) is 10.0 Å². The van der Waals surface area contributed by atoms with Crippen molar-refractivity contribution in [2.75, 3.05) is 46.6 Å². The van der Waals surface area contributed by atoms with Gasteiger partial charge < -0.3 is 19.1 Å². The number of ether oxygens (including phenoxy) is 3. The molecule has 0 aliphatic carbocycles. The van der Waals surface area contributed by atoms with Crippen molar-refractivity contribution in [3.05, 3.63) is 53.6 Å². The van der Waals surface area contributed by atoms with Gasteiger partial charge in [0.15, 0.2) is 0 Å². The van der Waals surface area contributed by atoms with Crippen LogP contribution in [0.15, 0.2) is 47.4 Å². The zero-order valence-electron chi connectivity index (χ0n) is 17.1. The Labute approximate surface area is 176 Å². The minimum Gasteiger partial charge on any atom is -0.496 e. The molecule has 0 saturated carbocycles. The van der Waals surface area contributed by atoms with Crippen LogP contribution in [0.2, 0.25) is 0 Å². The molecule has 1 amide bonds. The number of amides is 1. The van der Waals surface area contributed by atoms with Crippen molar-refractivity contribution in [3.63, 3.8) is 0 Å². The lowest BCUT2D eigenvalue weighted by Crippen LogP contribution is -2.40. The quantitative estimate of drug-likeness (QED) is 0.637. The number of morpholine rings is 1. The van der Waals surface area contributed by atoms with Gasteiger partial charge in [0.05, 0.1) is 30.8 Å². The van der Waals surface area contributed by atoms with Crippen LogP contribution in [0.4, 0.5) is 0 Å². The first-order chi connectivity index (χ1) is 14.4. The van der Waals surface area contributed by atoms with Gasteiger partial charge in [0.1, 0.15) is 18.1 Å². The number of benzene rings is 2. The van der Waals surface area contributed by atoms with E-state index < -0.39 is 10.0 Å². The van der Waals surface area contributed by atoms with Gasteiger partial charge in [-0.2, -0.15) is 0 Å². The smallest absolute Gasteiger partial charge is 0.257 e. The normalized spacial score (nSPS) is 14.4. The van der Waals surface area contributed by atoms with E-state index in [1.54, 1.807) is 4.90 Å². The molecule has 1 fully saturated rings. The van der Waals surface area contributed by atoms with Crippen molar-refractivity contribution in [2.24, 2.45) is 0 Å². The van der Waals surface area contributed by atoms with Gasteiger partial charge in [0.25, 0.3) is 5.91 Å². The van der Waals surface area contributed by atoms with E-state index in [2.05, 4.69) is 4.72 Å². The second-order valence-corrected chi connectivity index (χ2v) is 8.55. The van der Waals surface area contributed by atoms with Crippen molar-refractivity contribution < 1.29 is 27.4 Å². The van der Waals surface area contributed by atoms with Gasteiger partial charge in [-0.1, -0.05) is 18.2 Å². The zero-order chi connectivity index (χ0) is 21.6. The summed E-state index contributed by atoms with van der Waals surface area (Å²) in [6.07, 6.45) is 0. The van der Waals surface area contributed by atoms with E-state index in [1.165, 1.54) is 25.3 Å². The van der Waals surface area contributed by atoms with Gasteiger partial charge in [-0.05, 0) is 36.8 Å². The van der Waals surface area contributed by atoms with Crippen molar-refractivity contribution >= 4 is 15.9 Å². The number of rotatable bonds is 8. The second kappa shape index (κ2) is 9.92. The van der Waals surface area contributed by atoms with Gasteiger partial charge >= 0.3 is 0 Å². The number of nitrogens with one attached hydrogen (secondary N) is 1. The highest BCUT2D eigenvalue weighted by Gasteiger charge is 2.24. The summed E-state index contributed by atoms with van der Waals surface area (Å²) >= 11 is 0. The van der Waals surface area contributed by atoms with E-state index >= 15 is 0 Å². The minimum atomic E-state index is -3.82. The molecule has 0 radical (unpaired) electrons. The fourth-order valence-electron chi connectivity index (χ4n) is 3.10. The van der Waals surface area contributed by atoms with Crippen LogP contribution >= 0.6 is 0 Å². The van der Waals surface area contributed by atoms with Crippen LogP contribution in [0.25, 0.3) is 0 Å². The zero-order valence-corrected chi connectivity index (χ0v) is 17.9. The Morgan fingerprint density at radius 2 is 1.87 bits per heavy atom. The topological polar surface area (TPSA) is 94.2 Å². The minimum absolute atomic E-state index is 0.00389. The van der Waals surface area contributed by atoms with Crippen LogP contribution < -0.4 is 14.2 Å². The lowest BCUT2D eigenvalue weighted by Gasteiger charge is -2.27. The molecule has 1 saturated heterocycles. The van der Waals surface area contributed by atoms with Crippen LogP contribution in [-0.2, 0) is 14.8 Å². The van der Waals surface area contributed by atoms with Crippen molar-refractivity contribution in [1.29, 1.82) is 0 Å². The van der Waals surface area contributed by atoms with Crippen molar-refractivity contribution in [3.8, 4) is 11.5 Å². The molecule has 0 unspecified atom stereocenters. The maximum atomic E-state index is 12.9. The average Bonchev–Trinajstić information content (AvgIpc) is 2.77. The van der Waals surface area contributed by atoms with E-state index in [-0.39, 0.29) is 29.5 Å². The van der Waals surface area contributed by atoms with E-state index in [0.29, 0.717) is 37.8 Å². The van der Waals surface area contributed by atoms with Crippen molar-refractivity contribution in [2.45, 2.75) is 11.8 Å². The molecule has 9 heteroatoms. The first-order valence-corrected chi connectivity index (χ1v) is 11.1. The third-order valence-corrected chi connectivity index (χ3v) is 6.21. The van der Waals surface area contributed by atoms with Crippen molar-refractivity contribution in [1.82, 2.24) is 9.62 Å². The number of sulfonamides is 1. The van der Waals surface area contributed by atoms with Crippen LogP contribution in [-0.4, -0.2) is 65.8 Å². The molecule has 0 bridgehead atoms. The van der Waals surface area contributed by atoms with E-state index in [1.807, 2.05) is 31.2 Å². The monoisotopic (exact) mass is 434 g/mol. The predicted molar refractivity (Wildman–Crippen MR) is 112 cm³/mol. The number of methoxy groups -OCH3 is 1.